The van der Waals surface area contributed by atoms with Crippen molar-refractivity contribution in [3.63, 3.8) is 0 Å². The molecule has 0 unspecified atom stereocenters. The average Bonchev–Trinajstić information content (AvgIpc) is 2.48. The third-order valence-corrected chi connectivity index (χ3v) is 3.14. The standard InChI is InChI=1S/C15H15N3O3S/c1-10-3-8-14(21-2)13(9-10)17-15(22)16-11-4-6-12(7-5-11)18(19)20/h3-9H,1-2H3,(H2,16,17,22). The number of non-ortho nitro benzene ring substituents is 1. The van der Waals surface area contributed by atoms with Crippen LogP contribution >= 0.6 is 12.2 Å². The number of hydrogen-bond acceptors (Lipinski definition) is 4. The van der Waals surface area contributed by atoms with Crippen LogP contribution in [0.1, 0.15) is 5.56 Å². The van der Waals surface area contributed by atoms with E-state index in [1.165, 1.54) is 12.1 Å². The fourth-order valence-corrected chi connectivity index (χ4v) is 2.10. The van der Waals surface area contributed by atoms with Gasteiger partial charge in [-0.25, -0.2) is 0 Å². The minimum Gasteiger partial charge on any atom is -0.495 e. The number of nitrogens with one attached hydrogen (secondary N) is 2. The maximum Gasteiger partial charge on any atom is 0.269 e. The number of aryl methyl sites for hydroxylation is 1. The number of rotatable bonds is 4. The Morgan fingerprint density at radius 3 is 2.45 bits per heavy atom. The zero-order valence-electron chi connectivity index (χ0n) is 12.1. The molecule has 2 N–H and O–H groups in total. The minimum absolute atomic E-state index is 0.0322. The molecule has 0 aromatic heterocycles. The van der Waals surface area contributed by atoms with Crippen molar-refractivity contribution in [3.8, 4) is 5.75 Å². The molecule has 0 spiro atoms. The summed E-state index contributed by atoms with van der Waals surface area (Å²) in [7, 11) is 1.59. The molecule has 0 aliphatic carbocycles. The fourth-order valence-electron chi connectivity index (χ4n) is 1.87. The van der Waals surface area contributed by atoms with Crippen molar-refractivity contribution < 1.29 is 9.66 Å². The predicted octanol–water partition coefficient (Wildman–Crippen LogP) is 3.72. The lowest BCUT2D eigenvalue weighted by molar-refractivity contribution is -0.384. The third kappa shape index (κ3) is 3.92. The van der Waals surface area contributed by atoms with Gasteiger partial charge in [0, 0.05) is 17.8 Å². The van der Waals surface area contributed by atoms with Gasteiger partial charge in [0.2, 0.25) is 0 Å². The second-order valence-corrected chi connectivity index (χ2v) is 5.00. The van der Waals surface area contributed by atoms with Crippen LogP contribution in [0.5, 0.6) is 5.75 Å². The van der Waals surface area contributed by atoms with E-state index in [0.717, 1.165) is 11.3 Å². The molecule has 0 amide bonds. The number of nitrogens with zero attached hydrogens (tertiary/aromatic N) is 1. The molecule has 0 atom stereocenters. The van der Waals surface area contributed by atoms with Gasteiger partial charge in [0.05, 0.1) is 17.7 Å². The molecule has 2 aromatic rings. The number of anilines is 2. The SMILES string of the molecule is COc1ccc(C)cc1NC(=S)Nc1ccc([N+](=O)[O-])cc1. The molecule has 0 radical (unpaired) electrons. The monoisotopic (exact) mass is 317 g/mol. The smallest absolute Gasteiger partial charge is 0.269 e. The van der Waals surface area contributed by atoms with Gasteiger partial charge in [-0.3, -0.25) is 10.1 Å². The first-order valence-electron chi connectivity index (χ1n) is 6.46. The Hall–Kier alpha value is -2.67. The maximum absolute atomic E-state index is 10.6. The van der Waals surface area contributed by atoms with E-state index in [0.29, 0.717) is 16.5 Å². The van der Waals surface area contributed by atoms with E-state index in [2.05, 4.69) is 10.6 Å². The van der Waals surface area contributed by atoms with Crippen molar-refractivity contribution in [3.05, 3.63) is 58.1 Å². The lowest BCUT2D eigenvalue weighted by Crippen LogP contribution is -2.19. The molecule has 0 saturated heterocycles. The molecule has 6 nitrogen and oxygen atoms in total. The van der Waals surface area contributed by atoms with Gasteiger partial charge < -0.3 is 15.4 Å². The van der Waals surface area contributed by atoms with Crippen LogP contribution in [0.15, 0.2) is 42.5 Å². The normalized spacial score (nSPS) is 9.91. The lowest BCUT2D eigenvalue weighted by Gasteiger charge is -2.14. The molecule has 2 rings (SSSR count). The van der Waals surface area contributed by atoms with Crippen LogP contribution in [-0.4, -0.2) is 17.1 Å². The van der Waals surface area contributed by atoms with E-state index in [1.54, 1.807) is 19.2 Å². The largest absolute Gasteiger partial charge is 0.495 e. The van der Waals surface area contributed by atoms with Gasteiger partial charge in [0.25, 0.3) is 5.69 Å². The quantitative estimate of drug-likeness (QED) is 0.508. The van der Waals surface area contributed by atoms with Crippen molar-refractivity contribution >= 4 is 34.4 Å². The van der Waals surface area contributed by atoms with E-state index >= 15 is 0 Å². The second kappa shape index (κ2) is 6.86. The predicted molar refractivity (Wildman–Crippen MR) is 90.7 cm³/mol. The first kappa shape index (κ1) is 15.7. The zero-order chi connectivity index (χ0) is 16.1. The Bertz CT molecular complexity index is 702. The first-order chi connectivity index (χ1) is 10.5. The van der Waals surface area contributed by atoms with E-state index in [9.17, 15) is 10.1 Å². The Kier molecular flexibility index (Phi) is 4.90. The van der Waals surface area contributed by atoms with Crippen LogP contribution in [0.25, 0.3) is 0 Å². The number of hydrogen-bond donors (Lipinski definition) is 2. The fraction of sp³-hybridized carbons (Fsp3) is 0.133. The van der Waals surface area contributed by atoms with Crippen LogP contribution < -0.4 is 15.4 Å². The van der Waals surface area contributed by atoms with Gasteiger partial charge in [-0.2, -0.15) is 0 Å². The number of nitro groups is 1. The summed E-state index contributed by atoms with van der Waals surface area (Å²) in [5.74, 6) is 0.679. The highest BCUT2D eigenvalue weighted by atomic mass is 32.1. The van der Waals surface area contributed by atoms with Crippen LogP contribution in [0, 0.1) is 17.0 Å². The highest BCUT2D eigenvalue weighted by molar-refractivity contribution is 7.80. The highest BCUT2D eigenvalue weighted by Crippen LogP contribution is 2.25. The van der Waals surface area contributed by atoms with Crippen LogP contribution in [0.3, 0.4) is 0 Å². The topological polar surface area (TPSA) is 76.4 Å². The van der Waals surface area contributed by atoms with Crippen LogP contribution in [0.2, 0.25) is 0 Å². The summed E-state index contributed by atoms with van der Waals surface area (Å²) in [5.41, 5.74) is 2.52. The second-order valence-electron chi connectivity index (χ2n) is 4.59. The van der Waals surface area contributed by atoms with Gasteiger partial charge >= 0.3 is 0 Å². The molecule has 0 saturated carbocycles. The Morgan fingerprint density at radius 1 is 1.18 bits per heavy atom. The number of benzene rings is 2. The lowest BCUT2D eigenvalue weighted by atomic mass is 10.2. The number of thiocarbonyl (C=S) groups is 1. The summed E-state index contributed by atoms with van der Waals surface area (Å²) in [6.07, 6.45) is 0. The van der Waals surface area contributed by atoms with Gasteiger partial charge in [-0.15, -0.1) is 0 Å². The molecule has 7 heteroatoms. The summed E-state index contributed by atoms with van der Waals surface area (Å²) < 4.78 is 5.27. The number of methoxy groups -OCH3 is 1. The van der Waals surface area contributed by atoms with Crippen molar-refractivity contribution in [1.29, 1.82) is 0 Å². The number of nitro benzene ring substituents is 1. The summed E-state index contributed by atoms with van der Waals surface area (Å²) in [6.45, 7) is 1.97. The van der Waals surface area contributed by atoms with E-state index < -0.39 is 4.92 Å². The maximum atomic E-state index is 10.6. The zero-order valence-corrected chi connectivity index (χ0v) is 12.9. The third-order valence-electron chi connectivity index (χ3n) is 2.94. The molecule has 0 aliphatic heterocycles. The van der Waals surface area contributed by atoms with E-state index in [-0.39, 0.29) is 5.69 Å². The molecule has 0 bridgehead atoms. The van der Waals surface area contributed by atoms with Crippen LogP contribution in [0.4, 0.5) is 17.1 Å². The summed E-state index contributed by atoms with van der Waals surface area (Å²) in [6, 6.07) is 11.7. The van der Waals surface area contributed by atoms with Crippen LogP contribution in [-0.2, 0) is 0 Å². The minimum atomic E-state index is -0.446. The van der Waals surface area contributed by atoms with Crippen molar-refractivity contribution in [2.24, 2.45) is 0 Å². The van der Waals surface area contributed by atoms with E-state index in [1.807, 2.05) is 25.1 Å². The summed E-state index contributed by atoms with van der Waals surface area (Å²) in [4.78, 5) is 10.2. The molecule has 114 valence electrons. The van der Waals surface area contributed by atoms with Gasteiger partial charge in [-0.05, 0) is 49.0 Å². The van der Waals surface area contributed by atoms with Crippen molar-refractivity contribution in [1.82, 2.24) is 0 Å². The molecule has 0 aliphatic rings. The van der Waals surface area contributed by atoms with Gasteiger partial charge in [0.1, 0.15) is 5.75 Å². The first-order valence-corrected chi connectivity index (χ1v) is 6.87. The molecule has 22 heavy (non-hydrogen) atoms. The number of ether oxygens (including phenoxy) is 1. The Morgan fingerprint density at radius 2 is 1.86 bits per heavy atom. The molecule has 0 fully saturated rings. The Balaban J connectivity index is 2.07. The van der Waals surface area contributed by atoms with Crippen molar-refractivity contribution in [2.45, 2.75) is 6.92 Å². The summed E-state index contributed by atoms with van der Waals surface area (Å²) in [5, 5.41) is 17.0. The molecule has 2 aromatic carbocycles. The van der Waals surface area contributed by atoms with E-state index in [4.69, 9.17) is 17.0 Å². The Labute approximate surface area is 133 Å². The van der Waals surface area contributed by atoms with Crippen molar-refractivity contribution in [2.75, 3.05) is 17.7 Å². The van der Waals surface area contributed by atoms with Gasteiger partial charge in [0.15, 0.2) is 5.11 Å². The molecule has 0 heterocycles. The molecular weight excluding hydrogens is 302 g/mol. The highest BCUT2D eigenvalue weighted by Gasteiger charge is 2.07. The average molecular weight is 317 g/mol. The molecular formula is C15H15N3O3S. The van der Waals surface area contributed by atoms with Gasteiger partial charge in [-0.1, -0.05) is 6.07 Å². The summed E-state index contributed by atoms with van der Waals surface area (Å²) >= 11 is 5.24.